The lowest BCUT2D eigenvalue weighted by Gasteiger charge is -2.38. The molecule has 1 fully saturated rings. The van der Waals surface area contributed by atoms with Crippen LogP contribution in [-0.4, -0.2) is 24.8 Å². The molecule has 0 unspecified atom stereocenters. The van der Waals surface area contributed by atoms with Gasteiger partial charge in [-0.05, 0) is 56.2 Å². The largest absolute Gasteiger partial charge is 0.497 e. The van der Waals surface area contributed by atoms with Crippen molar-refractivity contribution in [2.75, 3.05) is 12.0 Å². The van der Waals surface area contributed by atoms with Gasteiger partial charge in [-0.1, -0.05) is 36.1 Å². The summed E-state index contributed by atoms with van der Waals surface area (Å²) < 4.78 is 11.0. The molecule has 1 aliphatic carbocycles. The van der Waals surface area contributed by atoms with Gasteiger partial charge in [-0.25, -0.2) is 4.79 Å². The van der Waals surface area contributed by atoms with E-state index in [9.17, 15) is 4.79 Å². The Morgan fingerprint density at radius 2 is 1.85 bits per heavy atom. The van der Waals surface area contributed by atoms with Gasteiger partial charge in [0.05, 0.1) is 7.11 Å². The van der Waals surface area contributed by atoms with E-state index < -0.39 is 5.54 Å². The van der Waals surface area contributed by atoms with Crippen molar-refractivity contribution in [2.45, 2.75) is 31.4 Å². The Bertz CT molecular complexity index is 937. The van der Waals surface area contributed by atoms with E-state index in [0.717, 1.165) is 35.4 Å². The fourth-order valence-corrected chi connectivity index (χ4v) is 3.79. The first-order valence-electron chi connectivity index (χ1n) is 9.05. The number of fused-ring (bicyclic) bond motifs is 1. The molecule has 4 nitrogen and oxygen atoms in total. The molecule has 4 heteroatoms. The molecular weight excluding hydrogens is 338 g/mol. The summed E-state index contributed by atoms with van der Waals surface area (Å²) in [7, 11) is 1.62. The highest BCUT2D eigenvalue weighted by molar-refractivity contribution is 5.94. The first kappa shape index (κ1) is 17.2. The summed E-state index contributed by atoms with van der Waals surface area (Å²) in [6.07, 6.45) is 3.23. The number of anilines is 1. The quantitative estimate of drug-likeness (QED) is 0.739. The molecule has 2 atom stereocenters. The van der Waals surface area contributed by atoms with E-state index >= 15 is 0 Å². The number of allylic oxidation sites excluding steroid dienone is 1. The van der Waals surface area contributed by atoms with Crippen molar-refractivity contribution in [3.05, 3.63) is 71.8 Å². The van der Waals surface area contributed by atoms with Crippen LogP contribution in [0.25, 0.3) is 0 Å². The summed E-state index contributed by atoms with van der Waals surface area (Å²) in [5.41, 5.74) is 2.03. The topological polar surface area (TPSA) is 38.8 Å². The summed E-state index contributed by atoms with van der Waals surface area (Å²) in [6, 6.07) is 17.3. The van der Waals surface area contributed by atoms with Crippen LogP contribution in [0.3, 0.4) is 0 Å². The van der Waals surface area contributed by atoms with Crippen LogP contribution in [-0.2, 0) is 4.74 Å². The third-order valence-electron chi connectivity index (χ3n) is 5.29. The molecule has 0 spiro atoms. The molecule has 1 aliphatic heterocycles. The fourth-order valence-electron chi connectivity index (χ4n) is 3.79. The van der Waals surface area contributed by atoms with Gasteiger partial charge in [0.2, 0.25) is 0 Å². The summed E-state index contributed by atoms with van der Waals surface area (Å²) in [4.78, 5) is 14.4. The summed E-state index contributed by atoms with van der Waals surface area (Å²) in [6.45, 7) is 2.04. The highest BCUT2D eigenvalue weighted by Gasteiger charge is 2.55. The van der Waals surface area contributed by atoms with Crippen molar-refractivity contribution in [3.8, 4) is 17.6 Å². The second kappa shape index (κ2) is 6.85. The number of hydrogen-bond donors (Lipinski definition) is 0. The van der Waals surface area contributed by atoms with Gasteiger partial charge >= 0.3 is 6.09 Å². The molecule has 136 valence electrons. The lowest BCUT2D eigenvalue weighted by molar-refractivity contribution is 0.113. The van der Waals surface area contributed by atoms with E-state index in [2.05, 4.69) is 17.9 Å². The number of carbonyl (C=O) groups excluding carboxylic acids is 1. The first-order valence-corrected chi connectivity index (χ1v) is 9.05. The number of nitrogens with zero attached hydrogens (tertiary/aromatic N) is 1. The van der Waals surface area contributed by atoms with Crippen molar-refractivity contribution in [3.63, 3.8) is 0 Å². The smallest absolute Gasteiger partial charge is 0.415 e. The molecule has 0 bridgehead atoms. The maximum absolute atomic E-state index is 12.7. The Morgan fingerprint density at radius 1 is 1.11 bits per heavy atom. The normalized spacial score (nSPS) is 23.6. The third-order valence-corrected chi connectivity index (χ3v) is 5.29. The highest BCUT2D eigenvalue weighted by Crippen LogP contribution is 2.44. The fraction of sp³-hybridized carbons (Fsp3) is 0.261. The Labute approximate surface area is 159 Å². The van der Waals surface area contributed by atoms with Gasteiger partial charge in [0.25, 0.3) is 0 Å². The Hall–Kier alpha value is -3.19. The predicted octanol–water partition coefficient (Wildman–Crippen LogP) is 4.55. The third kappa shape index (κ3) is 2.96. The Morgan fingerprint density at radius 3 is 2.56 bits per heavy atom. The van der Waals surface area contributed by atoms with Crippen LogP contribution in [0.1, 0.15) is 25.3 Å². The van der Waals surface area contributed by atoms with Crippen molar-refractivity contribution in [1.29, 1.82) is 0 Å². The van der Waals surface area contributed by atoms with E-state index in [-0.39, 0.29) is 12.2 Å². The minimum Gasteiger partial charge on any atom is -0.497 e. The van der Waals surface area contributed by atoms with E-state index in [4.69, 9.17) is 9.47 Å². The van der Waals surface area contributed by atoms with Crippen LogP contribution in [0, 0.1) is 11.8 Å². The molecule has 4 rings (SSSR count). The molecule has 0 radical (unpaired) electrons. The first-order chi connectivity index (χ1) is 13.1. The standard InChI is InChI=1S/C23H21NO3/c1-23-18(12-11-17-7-4-3-5-8-17)9-6-10-21(23)27-22(25)24(23)19-13-15-20(26-2)16-14-19/h3-5,7-9,13-16,21H,6,10H2,1-2H3/t21-,23+/m1/s1. The van der Waals surface area contributed by atoms with Gasteiger partial charge in [0.15, 0.2) is 0 Å². The lowest BCUT2D eigenvalue weighted by Crippen LogP contribution is -2.51. The van der Waals surface area contributed by atoms with Crippen LogP contribution in [0.15, 0.2) is 66.2 Å². The molecular formula is C23H21NO3. The molecule has 1 saturated heterocycles. The summed E-state index contributed by atoms with van der Waals surface area (Å²) in [5, 5.41) is 0. The van der Waals surface area contributed by atoms with Gasteiger partial charge in [-0.15, -0.1) is 0 Å². The summed E-state index contributed by atoms with van der Waals surface area (Å²) in [5.74, 6) is 7.28. The van der Waals surface area contributed by atoms with Gasteiger partial charge in [0.1, 0.15) is 17.4 Å². The van der Waals surface area contributed by atoms with Crippen LogP contribution >= 0.6 is 0 Å². The van der Waals surface area contributed by atoms with Crippen molar-refractivity contribution in [2.24, 2.45) is 0 Å². The average molecular weight is 359 g/mol. The molecule has 1 amide bonds. The van der Waals surface area contributed by atoms with E-state index in [1.165, 1.54) is 0 Å². The second-order valence-electron chi connectivity index (χ2n) is 6.86. The molecule has 0 aromatic heterocycles. The van der Waals surface area contributed by atoms with Crippen LogP contribution < -0.4 is 9.64 Å². The van der Waals surface area contributed by atoms with Crippen molar-refractivity contribution >= 4 is 11.8 Å². The van der Waals surface area contributed by atoms with Crippen LogP contribution in [0.5, 0.6) is 5.75 Å². The average Bonchev–Trinajstić information content (AvgIpc) is 2.97. The van der Waals surface area contributed by atoms with Crippen molar-refractivity contribution < 1.29 is 14.3 Å². The zero-order chi connectivity index (χ0) is 18.9. The number of hydrogen-bond acceptors (Lipinski definition) is 3. The lowest BCUT2D eigenvalue weighted by atomic mass is 9.78. The monoisotopic (exact) mass is 359 g/mol. The molecule has 2 aromatic carbocycles. The highest BCUT2D eigenvalue weighted by atomic mass is 16.6. The molecule has 2 aromatic rings. The number of benzene rings is 2. The van der Waals surface area contributed by atoms with Gasteiger partial charge in [-0.2, -0.15) is 0 Å². The van der Waals surface area contributed by atoms with Gasteiger partial charge in [-0.3, -0.25) is 4.90 Å². The Balaban J connectivity index is 1.74. The zero-order valence-corrected chi connectivity index (χ0v) is 15.4. The van der Waals surface area contributed by atoms with Gasteiger partial charge < -0.3 is 9.47 Å². The number of methoxy groups -OCH3 is 1. The van der Waals surface area contributed by atoms with Crippen LogP contribution in [0.2, 0.25) is 0 Å². The minimum absolute atomic E-state index is 0.211. The number of carbonyl (C=O) groups is 1. The molecule has 0 saturated carbocycles. The van der Waals surface area contributed by atoms with E-state index in [1.807, 2.05) is 61.5 Å². The molecule has 1 heterocycles. The minimum atomic E-state index is -0.619. The number of ether oxygens (including phenoxy) is 2. The molecule has 0 N–H and O–H groups in total. The van der Waals surface area contributed by atoms with Gasteiger partial charge in [0, 0.05) is 16.8 Å². The second-order valence-corrected chi connectivity index (χ2v) is 6.86. The Kier molecular flexibility index (Phi) is 4.37. The predicted molar refractivity (Wildman–Crippen MR) is 105 cm³/mol. The molecule has 27 heavy (non-hydrogen) atoms. The number of rotatable bonds is 2. The van der Waals surface area contributed by atoms with Crippen molar-refractivity contribution in [1.82, 2.24) is 0 Å². The molecule has 2 aliphatic rings. The summed E-state index contributed by atoms with van der Waals surface area (Å²) >= 11 is 0. The van der Waals surface area contributed by atoms with E-state index in [1.54, 1.807) is 12.0 Å². The van der Waals surface area contributed by atoms with E-state index in [0.29, 0.717) is 0 Å². The maximum atomic E-state index is 12.7. The zero-order valence-electron chi connectivity index (χ0n) is 15.4. The maximum Gasteiger partial charge on any atom is 0.415 e. The SMILES string of the molecule is COc1ccc(N2C(=O)O[C@@H]3CCC=C(C#Cc4ccccc4)[C@@]32C)cc1. The number of amides is 1. The van der Waals surface area contributed by atoms with Crippen LogP contribution in [0.4, 0.5) is 10.5 Å².